The highest BCUT2D eigenvalue weighted by atomic mass is 16.5. The van der Waals surface area contributed by atoms with Gasteiger partial charge in [-0.05, 0) is 50.7 Å². The number of piperidine rings is 1. The summed E-state index contributed by atoms with van der Waals surface area (Å²) >= 11 is 0. The zero-order valence-electron chi connectivity index (χ0n) is 17.9. The van der Waals surface area contributed by atoms with Crippen molar-refractivity contribution in [1.29, 1.82) is 0 Å². The van der Waals surface area contributed by atoms with Crippen LogP contribution in [0.3, 0.4) is 0 Å². The van der Waals surface area contributed by atoms with E-state index in [0.29, 0.717) is 31.5 Å². The van der Waals surface area contributed by atoms with E-state index < -0.39 is 6.04 Å². The van der Waals surface area contributed by atoms with Gasteiger partial charge in [-0.25, -0.2) is 0 Å². The van der Waals surface area contributed by atoms with E-state index in [1.54, 1.807) is 11.0 Å². The van der Waals surface area contributed by atoms with Crippen molar-refractivity contribution in [2.24, 2.45) is 5.92 Å². The first-order valence-electron chi connectivity index (χ1n) is 10.3. The highest BCUT2D eigenvalue weighted by Gasteiger charge is 2.34. The van der Waals surface area contributed by atoms with Crippen molar-refractivity contribution < 1.29 is 19.1 Å². The van der Waals surface area contributed by atoms with Gasteiger partial charge in [-0.1, -0.05) is 25.1 Å². The summed E-state index contributed by atoms with van der Waals surface area (Å²) in [5.41, 5.74) is 1.44. The number of ether oxygens (including phenoxy) is 1. The molecule has 29 heavy (non-hydrogen) atoms. The van der Waals surface area contributed by atoms with Crippen LogP contribution in [0.1, 0.15) is 49.0 Å². The number of amides is 3. The Morgan fingerprint density at radius 2 is 1.83 bits per heavy atom. The molecule has 1 aromatic carbocycles. The number of methoxy groups -OCH3 is 1. The summed E-state index contributed by atoms with van der Waals surface area (Å²) < 4.78 is 4.93. The Hall–Kier alpha value is -2.41. The van der Waals surface area contributed by atoms with Gasteiger partial charge in [-0.3, -0.25) is 14.4 Å². The standard InChI is InChI=1S/C22H33N3O4/c1-5-16(3)23-22(28)20(24-21(27)18-9-7-6-8-15(18)2)17-10-12-25(13-11-17)19(26)14-29-4/h6-9,16-17,20H,5,10-14H2,1-4H3,(H,23,28)(H,24,27)/t16-,20+/m0/s1. The van der Waals surface area contributed by atoms with E-state index in [-0.39, 0.29) is 36.3 Å². The molecule has 1 aliphatic heterocycles. The molecule has 0 spiro atoms. The van der Waals surface area contributed by atoms with Crippen molar-refractivity contribution in [3.05, 3.63) is 35.4 Å². The molecule has 1 aromatic rings. The van der Waals surface area contributed by atoms with Gasteiger partial charge in [0.15, 0.2) is 0 Å². The van der Waals surface area contributed by atoms with Gasteiger partial charge in [-0.15, -0.1) is 0 Å². The molecule has 0 saturated carbocycles. The molecule has 160 valence electrons. The molecular formula is C22H33N3O4. The average molecular weight is 404 g/mol. The highest BCUT2D eigenvalue weighted by molar-refractivity contribution is 5.98. The molecule has 2 rings (SSSR count). The molecule has 0 unspecified atom stereocenters. The fourth-order valence-electron chi connectivity index (χ4n) is 3.58. The van der Waals surface area contributed by atoms with E-state index in [9.17, 15) is 14.4 Å². The van der Waals surface area contributed by atoms with Gasteiger partial charge in [0.05, 0.1) is 0 Å². The molecule has 3 amide bonds. The summed E-state index contributed by atoms with van der Waals surface area (Å²) in [4.78, 5) is 39.6. The van der Waals surface area contributed by atoms with E-state index in [2.05, 4.69) is 10.6 Å². The Labute approximate surface area is 173 Å². The number of aryl methyl sites for hydroxylation is 1. The lowest BCUT2D eigenvalue weighted by Crippen LogP contribution is -2.55. The molecule has 1 saturated heterocycles. The topological polar surface area (TPSA) is 87.7 Å². The molecule has 0 radical (unpaired) electrons. The molecule has 0 bridgehead atoms. The maximum absolute atomic E-state index is 13.0. The third kappa shape index (κ3) is 6.29. The van der Waals surface area contributed by atoms with Crippen LogP contribution in [0.15, 0.2) is 24.3 Å². The SMILES string of the molecule is CC[C@H](C)NC(=O)[C@H](NC(=O)c1ccccc1C)C1CCN(C(=O)COC)CC1. The predicted molar refractivity (Wildman–Crippen MR) is 112 cm³/mol. The molecule has 0 aromatic heterocycles. The predicted octanol–water partition coefficient (Wildman–Crippen LogP) is 1.89. The lowest BCUT2D eigenvalue weighted by molar-refractivity contribution is -0.136. The molecule has 1 heterocycles. The second kappa shape index (κ2) is 11.0. The summed E-state index contributed by atoms with van der Waals surface area (Å²) in [5, 5.41) is 5.96. The van der Waals surface area contributed by atoms with Crippen LogP contribution in [-0.4, -0.2) is 61.5 Å². The van der Waals surface area contributed by atoms with Crippen molar-refractivity contribution >= 4 is 17.7 Å². The molecular weight excluding hydrogens is 370 g/mol. The first-order chi connectivity index (χ1) is 13.9. The van der Waals surface area contributed by atoms with Crippen LogP contribution in [0.25, 0.3) is 0 Å². The van der Waals surface area contributed by atoms with Crippen molar-refractivity contribution in [1.82, 2.24) is 15.5 Å². The Kier molecular flexibility index (Phi) is 8.64. The zero-order valence-corrected chi connectivity index (χ0v) is 17.9. The maximum Gasteiger partial charge on any atom is 0.252 e. The molecule has 1 aliphatic rings. The molecule has 2 N–H and O–H groups in total. The number of nitrogens with zero attached hydrogens (tertiary/aromatic N) is 1. The lowest BCUT2D eigenvalue weighted by Gasteiger charge is -2.36. The van der Waals surface area contributed by atoms with Crippen LogP contribution >= 0.6 is 0 Å². The van der Waals surface area contributed by atoms with Gasteiger partial charge in [0, 0.05) is 31.8 Å². The summed E-state index contributed by atoms with van der Waals surface area (Å²) in [7, 11) is 1.50. The number of carbonyl (C=O) groups is 3. The van der Waals surface area contributed by atoms with Gasteiger partial charge < -0.3 is 20.3 Å². The van der Waals surface area contributed by atoms with Gasteiger partial charge >= 0.3 is 0 Å². The molecule has 1 fully saturated rings. The fraction of sp³-hybridized carbons (Fsp3) is 0.591. The van der Waals surface area contributed by atoms with E-state index in [4.69, 9.17) is 4.74 Å². The van der Waals surface area contributed by atoms with Crippen LogP contribution in [0.5, 0.6) is 0 Å². The minimum Gasteiger partial charge on any atom is -0.375 e. The van der Waals surface area contributed by atoms with Gasteiger partial charge in [-0.2, -0.15) is 0 Å². The summed E-state index contributed by atoms with van der Waals surface area (Å²) in [5.74, 6) is -0.484. The average Bonchev–Trinajstić information content (AvgIpc) is 2.72. The zero-order chi connectivity index (χ0) is 21.4. The van der Waals surface area contributed by atoms with E-state index in [1.807, 2.05) is 39.0 Å². The second-order valence-corrected chi connectivity index (χ2v) is 7.74. The van der Waals surface area contributed by atoms with Crippen LogP contribution in [0, 0.1) is 12.8 Å². The second-order valence-electron chi connectivity index (χ2n) is 7.74. The number of rotatable bonds is 8. The molecule has 0 aliphatic carbocycles. The van der Waals surface area contributed by atoms with Crippen molar-refractivity contribution in [2.75, 3.05) is 26.8 Å². The first-order valence-corrected chi connectivity index (χ1v) is 10.3. The fourth-order valence-corrected chi connectivity index (χ4v) is 3.58. The minimum atomic E-state index is -0.629. The first kappa shape index (κ1) is 22.9. The Balaban J connectivity index is 2.11. The highest BCUT2D eigenvalue weighted by Crippen LogP contribution is 2.22. The van der Waals surface area contributed by atoms with Gasteiger partial charge in [0.1, 0.15) is 12.6 Å². The van der Waals surface area contributed by atoms with E-state index >= 15 is 0 Å². The maximum atomic E-state index is 13.0. The van der Waals surface area contributed by atoms with Crippen molar-refractivity contribution in [3.63, 3.8) is 0 Å². The monoisotopic (exact) mass is 403 g/mol. The van der Waals surface area contributed by atoms with Crippen LogP contribution in [0.4, 0.5) is 0 Å². The van der Waals surface area contributed by atoms with Crippen molar-refractivity contribution in [2.45, 2.75) is 52.1 Å². The van der Waals surface area contributed by atoms with Gasteiger partial charge in [0.25, 0.3) is 5.91 Å². The van der Waals surface area contributed by atoms with E-state index in [1.165, 1.54) is 7.11 Å². The van der Waals surface area contributed by atoms with Gasteiger partial charge in [0.2, 0.25) is 11.8 Å². The normalized spacial score (nSPS) is 16.8. The number of nitrogens with one attached hydrogen (secondary N) is 2. The number of likely N-dealkylation sites (tertiary alicyclic amines) is 1. The number of hydrogen-bond acceptors (Lipinski definition) is 4. The molecule has 7 nitrogen and oxygen atoms in total. The Morgan fingerprint density at radius 3 is 2.41 bits per heavy atom. The molecule has 2 atom stereocenters. The lowest BCUT2D eigenvalue weighted by atomic mass is 9.88. The third-order valence-corrected chi connectivity index (χ3v) is 5.59. The smallest absolute Gasteiger partial charge is 0.252 e. The number of hydrogen-bond donors (Lipinski definition) is 2. The van der Waals surface area contributed by atoms with E-state index in [0.717, 1.165) is 12.0 Å². The summed E-state index contributed by atoms with van der Waals surface area (Å²) in [6.07, 6.45) is 2.12. The Morgan fingerprint density at radius 1 is 1.17 bits per heavy atom. The Bertz CT molecular complexity index is 714. The van der Waals surface area contributed by atoms with Crippen LogP contribution in [0.2, 0.25) is 0 Å². The largest absolute Gasteiger partial charge is 0.375 e. The van der Waals surface area contributed by atoms with Crippen LogP contribution < -0.4 is 10.6 Å². The third-order valence-electron chi connectivity index (χ3n) is 5.59. The van der Waals surface area contributed by atoms with Crippen molar-refractivity contribution in [3.8, 4) is 0 Å². The quantitative estimate of drug-likeness (QED) is 0.694. The summed E-state index contributed by atoms with van der Waals surface area (Å²) in [6.45, 7) is 7.01. The molecule has 7 heteroatoms. The number of benzene rings is 1. The summed E-state index contributed by atoms with van der Waals surface area (Å²) in [6, 6.07) is 6.74. The van der Waals surface area contributed by atoms with Crippen LogP contribution in [-0.2, 0) is 14.3 Å². The minimum absolute atomic E-state index is 0.0291. The number of carbonyl (C=O) groups excluding carboxylic acids is 3.